The third-order valence-electron chi connectivity index (χ3n) is 7.66. The number of rotatable bonds is 5. The summed E-state index contributed by atoms with van der Waals surface area (Å²) in [5.41, 5.74) is 3.69. The Morgan fingerprint density at radius 3 is 2.84 bits per heavy atom. The molecule has 0 radical (unpaired) electrons. The lowest BCUT2D eigenvalue weighted by molar-refractivity contribution is -0.985. The van der Waals surface area contributed by atoms with E-state index in [2.05, 4.69) is 35.8 Å². The van der Waals surface area contributed by atoms with Gasteiger partial charge in [-0.25, -0.2) is 0 Å². The van der Waals surface area contributed by atoms with Gasteiger partial charge in [0.25, 0.3) is 0 Å². The van der Waals surface area contributed by atoms with E-state index >= 15 is 0 Å². The molecule has 3 saturated heterocycles. The Labute approximate surface area is 183 Å². The summed E-state index contributed by atoms with van der Waals surface area (Å²) in [6.45, 7) is 6.88. The van der Waals surface area contributed by atoms with Crippen LogP contribution in [0, 0.1) is 23.2 Å². The number of aliphatic hydroxyl groups is 1. The van der Waals surface area contributed by atoms with Crippen LogP contribution in [0.5, 0.6) is 0 Å². The monoisotopic (exact) mass is 410 g/mol. The lowest BCUT2D eigenvalue weighted by atomic mass is 9.71. The Morgan fingerprint density at radius 2 is 2.00 bits per heavy atom. The van der Waals surface area contributed by atoms with Crippen LogP contribution in [0.2, 0.25) is 0 Å². The highest BCUT2D eigenvalue weighted by Gasteiger charge is 2.54. The first-order chi connectivity index (χ1) is 15.1. The lowest BCUT2D eigenvalue weighted by Crippen LogP contribution is -2.67. The second-order valence-electron chi connectivity index (χ2n) is 9.17. The molecule has 4 heteroatoms. The van der Waals surface area contributed by atoms with Crippen LogP contribution in [0.1, 0.15) is 35.6 Å². The molecule has 0 saturated carbocycles. The number of aliphatic hydroxyl groups excluding tert-OH is 1. The third-order valence-corrected chi connectivity index (χ3v) is 7.66. The van der Waals surface area contributed by atoms with Crippen LogP contribution < -0.4 is 0 Å². The highest BCUT2D eigenvalue weighted by Crippen LogP contribution is 2.48. The van der Waals surface area contributed by atoms with Crippen molar-refractivity contribution in [3.05, 3.63) is 90.1 Å². The normalized spacial score (nSPS) is 28.2. The van der Waals surface area contributed by atoms with Crippen LogP contribution in [0.25, 0.3) is 10.9 Å². The fraction of sp³-hybridized carbons (Fsp3) is 0.333. The van der Waals surface area contributed by atoms with Gasteiger partial charge in [-0.2, -0.15) is 5.26 Å². The second-order valence-corrected chi connectivity index (χ2v) is 9.17. The van der Waals surface area contributed by atoms with Gasteiger partial charge in [-0.05, 0) is 29.7 Å². The zero-order valence-corrected chi connectivity index (χ0v) is 17.7. The first-order valence-corrected chi connectivity index (χ1v) is 11.1. The van der Waals surface area contributed by atoms with Gasteiger partial charge in [0.1, 0.15) is 18.7 Å². The number of aromatic nitrogens is 1. The Bertz CT molecular complexity index is 1160. The standard InChI is InChI=1S/C27H28N3O/c1-2-19-17-30(18-22-8-4-3-7-21(22)16-28)14-12-20(19)15-26(30)27(31)24-11-13-29-25-10-6-5-9-23(24)25/h2-11,13,19-20,26-27,31H,1,12,14-15,17-18H2/q+1/t19-,20-,26+,27+,30-/m0/s1. The van der Waals surface area contributed by atoms with Crippen molar-refractivity contribution >= 4 is 10.9 Å². The number of fused-ring (bicyclic) bond motifs is 4. The molecule has 2 aromatic carbocycles. The predicted octanol–water partition coefficient (Wildman–Crippen LogP) is 4.75. The van der Waals surface area contributed by atoms with Gasteiger partial charge in [-0.3, -0.25) is 4.98 Å². The summed E-state index contributed by atoms with van der Waals surface area (Å²) < 4.78 is 0.809. The number of hydrogen-bond donors (Lipinski definition) is 1. The molecule has 5 atom stereocenters. The Morgan fingerprint density at radius 1 is 1.19 bits per heavy atom. The van der Waals surface area contributed by atoms with Gasteiger partial charge in [-0.15, -0.1) is 6.58 Å². The average molecular weight is 411 g/mol. The molecule has 4 heterocycles. The van der Waals surface area contributed by atoms with Crippen LogP contribution in [-0.2, 0) is 6.54 Å². The summed E-state index contributed by atoms with van der Waals surface area (Å²) in [5, 5.41) is 22.4. The van der Waals surface area contributed by atoms with Crippen molar-refractivity contribution in [1.82, 2.24) is 4.98 Å². The van der Waals surface area contributed by atoms with E-state index < -0.39 is 6.10 Å². The Balaban J connectivity index is 1.58. The molecule has 0 unspecified atom stereocenters. The highest BCUT2D eigenvalue weighted by atomic mass is 16.3. The van der Waals surface area contributed by atoms with Gasteiger partial charge in [0.15, 0.2) is 0 Å². The first-order valence-electron chi connectivity index (χ1n) is 11.1. The van der Waals surface area contributed by atoms with Crippen molar-refractivity contribution in [2.24, 2.45) is 11.8 Å². The number of nitriles is 1. The van der Waals surface area contributed by atoms with E-state index in [9.17, 15) is 10.4 Å². The molecule has 3 aliphatic heterocycles. The molecule has 1 aromatic heterocycles. The summed E-state index contributed by atoms with van der Waals surface area (Å²) in [6, 6.07) is 20.4. The number of hydrogen-bond acceptors (Lipinski definition) is 3. The van der Waals surface area contributed by atoms with Crippen LogP contribution >= 0.6 is 0 Å². The third kappa shape index (κ3) is 3.35. The molecule has 3 aromatic rings. The van der Waals surface area contributed by atoms with Gasteiger partial charge in [0, 0.05) is 35.9 Å². The number of piperidine rings is 3. The Kier molecular flexibility index (Phi) is 5.09. The van der Waals surface area contributed by atoms with E-state index in [1.54, 1.807) is 6.20 Å². The number of pyridine rings is 1. The van der Waals surface area contributed by atoms with Gasteiger partial charge < -0.3 is 9.59 Å². The topological polar surface area (TPSA) is 56.9 Å². The molecule has 6 rings (SSSR count). The van der Waals surface area contributed by atoms with Gasteiger partial charge in [0.2, 0.25) is 0 Å². The molecule has 0 spiro atoms. The minimum Gasteiger partial charge on any atom is -0.382 e. The molecule has 1 N–H and O–H groups in total. The molecule has 156 valence electrons. The van der Waals surface area contributed by atoms with Gasteiger partial charge >= 0.3 is 0 Å². The van der Waals surface area contributed by atoms with Gasteiger partial charge in [-0.1, -0.05) is 42.5 Å². The summed E-state index contributed by atoms with van der Waals surface area (Å²) in [4.78, 5) is 4.48. The molecule has 3 fully saturated rings. The van der Waals surface area contributed by atoms with E-state index in [0.29, 0.717) is 11.8 Å². The predicted molar refractivity (Wildman–Crippen MR) is 122 cm³/mol. The largest absolute Gasteiger partial charge is 0.382 e. The molecule has 2 bridgehead atoms. The van der Waals surface area contributed by atoms with E-state index in [0.717, 1.165) is 64.6 Å². The molecule has 0 amide bonds. The summed E-state index contributed by atoms with van der Waals surface area (Å²) in [5.74, 6) is 1.03. The molecule has 0 aliphatic carbocycles. The van der Waals surface area contributed by atoms with Crippen molar-refractivity contribution in [1.29, 1.82) is 5.26 Å². The first kappa shape index (κ1) is 19.9. The lowest BCUT2D eigenvalue weighted by Gasteiger charge is -2.58. The smallest absolute Gasteiger partial charge is 0.131 e. The number of quaternary nitrogens is 1. The van der Waals surface area contributed by atoms with Crippen LogP contribution in [0.4, 0.5) is 0 Å². The quantitative estimate of drug-likeness (QED) is 0.488. The van der Waals surface area contributed by atoms with Crippen LogP contribution in [0.3, 0.4) is 0 Å². The summed E-state index contributed by atoms with van der Waals surface area (Å²) in [6.07, 6.45) is 5.46. The minimum absolute atomic E-state index is 0.0903. The fourth-order valence-electron chi connectivity index (χ4n) is 6.07. The maximum atomic E-state index is 11.8. The molecule has 4 nitrogen and oxygen atoms in total. The second kappa shape index (κ2) is 7.92. The molecule has 31 heavy (non-hydrogen) atoms. The van der Waals surface area contributed by atoms with E-state index in [1.165, 1.54) is 0 Å². The minimum atomic E-state index is -0.573. The summed E-state index contributed by atoms with van der Waals surface area (Å²) in [7, 11) is 0. The zero-order chi connectivity index (χ0) is 21.4. The SMILES string of the molecule is C=C[C@H]1C[N@+]2(Cc3ccccc3C#N)CC[C@H]1C[C@@H]2[C@H](O)c1ccnc2ccccc12. The van der Waals surface area contributed by atoms with E-state index in [4.69, 9.17) is 0 Å². The van der Waals surface area contributed by atoms with Crippen molar-refractivity contribution in [2.45, 2.75) is 31.5 Å². The molecule has 3 aliphatic rings. The van der Waals surface area contributed by atoms with Crippen LogP contribution in [0.15, 0.2) is 73.4 Å². The maximum Gasteiger partial charge on any atom is 0.131 e. The average Bonchev–Trinajstić information content (AvgIpc) is 2.83. The van der Waals surface area contributed by atoms with Crippen molar-refractivity contribution < 1.29 is 9.59 Å². The maximum absolute atomic E-state index is 11.8. The molecular formula is C27H28N3O+. The zero-order valence-electron chi connectivity index (χ0n) is 17.7. The Hall–Kier alpha value is -3.00. The van der Waals surface area contributed by atoms with Crippen molar-refractivity contribution in [3.63, 3.8) is 0 Å². The van der Waals surface area contributed by atoms with E-state index in [1.807, 2.05) is 42.5 Å². The van der Waals surface area contributed by atoms with Gasteiger partial charge in [0.05, 0.1) is 30.2 Å². The number of para-hydroxylation sites is 1. The highest BCUT2D eigenvalue weighted by molar-refractivity contribution is 5.82. The van der Waals surface area contributed by atoms with Crippen LogP contribution in [-0.4, -0.2) is 33.7 Å². The van der Waals surface area contributed by atoms with E-state index in [-0.39, 0.29) is 6.04 Å². The van der Waals surface area contributed by atoms with Crippen molar-refractivity contribution in [2.75, 3.05) is 13.1 Å². The number of benzene rings is 2. The fourth-order valence-corrected chi connectivity index (χ4v) is 6.07. The molecular weight excluding hydrogens is 382 g/mol. The summed E-state index contributed by atoms with van der Waals surface area (Å²) >= 11 is 0. The number of nitrogens with zero attached hydrogens (tertiary/aromatic N) is 3. The van der Waals surface area contributed by atoms with Crippen molar-refractivity contribution in [3.8, 4) is 6.07 Å².